The summed E-state index contributed by atoms with van der Waals surface area (Å²) in [5, 5.41) is 4.64. The number of fused-ring (bicyclic) bond motifs is 3. The Balaban J connectivity index is 1.89. The molecule has 2 aromatic heterocycles. The largest absolute Gasteiger partial charge is 0.369 e. The molecule has 0 unspecified atom stereocenters. The van der Waals surface area contributed by atoms with Crippen molar-refractivity contribution < 1.29 is 0 Å². The van der Waals surface area contributed by atoms with Gasteiger partial charge < -0.3 is 14.5 Å². The molecule has 4 aromatic rings. The van der Waals surface area contributed by atoms with E-state index in [1.807, 2.05) is 6.07 Å². The minimum atomic E-state index is 0.628. The Morgan fingerprint density at radius 3 is 2.58 bits per heavy atom. The SMILES string of the molecule is Cc1ccc(-n2cc(-c3ccccc3)c3c4n(c(=S)nc32)CCN4)cc1. The normalized spacial score (nSPS) is 13.0. The number of aryl methyl sites for hydroxylation is 1. The molecule has 0 radical (unpaired) electrons. The van der Waals surface area contributed by atoms with E-state index in [0.29, 0.717) is 4.77 Å². The van der Waals surface area contributed by atoms with Gasteiger partial charge in [-0.15, -0.1) is 0 Å². The smallest absolute Gasteiger partial charge is 0.203 e. The molecule has 1 aliphatic rings. The summed E-state index contributed by atoms with van der Waals surface area (Å²) >= 11 is 5.56. The highest BCUT2D eigenvalue weighted by atomic mass is 32.1. The van der Waals surface area contributed by atoms with E-state index in [1.165, 1.54) is 16.7 Å². The molecule has 0 saturated heterocycles. The molecule has 5 heteroatoms. The third kappa shape index (κ3) is 2.28. The predicted molar refractivity (Wildman–Crippen MR) is 109 cm³/mol. The van der Waals surface area contributed by atoms with Crippen molar-refractivity contribution in [2.45, 2.75) is 13.5 Å². The van der Waals surface area contributed by atoms with Crippen molar-refractivity contribution in [3.8, 4) is 16.8 Å². The third-order valence-corrected chi connectivity index (χ3v) is 5.25. The first-order valence-electron chi connectivity index (χ1n) is 8.74. The number of rotatable bonds is 2. The first-order chi connectivity index (χ1) is 12.7. The summed E-state index contributed by atoms with van der Waals surface area (Å²) in [5.74, 6) is 1.07. The Labute approximate surface area is 156 Å². The second-order valence-electron chi connectivity index (χ2n) is 6.63. The van der Waals surface area contributed by atoms with Crippen LogP contribution < -0.4 is 5.32 Å². The fourth-order valence-electron chi connectivity index (χ4n) is 3.64. The van der Waals surface area contributed by atoms with Gasteiger partial charge in [-0.2, -0.15) is 0 Å². The van der Waals surface area contributed by atoms with Gasteiger partial charge in [-0.25, -0.2) is 4.98 Å². The van der Waals surface area contributed by atoms with Crippen LogP contribution in [0.4, 0.5) is 5.82 Å². The molecule has 0 amide bonds. The van der Waals surface area contributed by atoms with Crippen LogP contribution in [0.15, 0.2) is 60.8 Å². The van der Waals surface area contributed by atoms with Gasteiger partial charge in [0.2, 0.25) is 4.77 Å². The van der Waals surface area contributed by atoms with Crippen LogP contribution in [0.2, 0.25) is 0 Å². The van der Waals surface area contributed by atoms with E-state index in [0.717, 1.165) is 35.6 Å². The Hall–Kier alpha value is -2.92. The number of hydrogen-bond acceptors (Lipinski definition) is 3. The summed E-state index contributed by atoms with van der Waals surface area (Å²) in [6, 6.07) is 19.0. The standard InChI is InChI=1S/C21H18N4S/c1-14-7-9-16(10-8-14)25-13-17(15-5-3-2-4-6-15)18-19-22-11-12-24(19)21(26)23-20(18)25/h2-10,13,22H,11-12H2,1H3. The average molecular weight is 358 g/mol. The van der Waals surface area contributed by atoms with Crippen LogP contribution in [0.3, 0.4) is 0 Å². The maximum absolute atomic E-state index is 5.56. The van der Waals surface area contributed by atoms with Gasteiger partial charge in [-0.05, 0) is 36.8 Å². The number of hydrogen-bond donors (Lipinski definition) is 1. The molecular formula is C21H18N4S. The van der Waals surface area contributed by atoms with Crippen molar-refractivity contribution in [2.75, 3.05) is 11.9 Å². The quantitative estimate of drug-likeness (QED) is 0.515. The highest BCUT2D eigenvalue weighted by Gasteiger charge is 2.22. The summed E-state index contributed by atoms with van der Waals surface area (Å²) in [7, 11) is 0. The molecule has 2 aromatic carbocycles. The van der Waals surface area contributed by atoms with Crippen molar-refractivity contribution in [2.24, 2.45) is 0 Å². The summed E-state index contributed by atoms with van der Waals surface area (Å²) in [5.41, 5.74) is 5.58. The van der Waals surface area contributed by atoms with Crippen LogP contribution in [-0.2, 0) is 6.54 Å². The van der Waals surface area contributed by atoms with Crippen LogP contribution in [-0.4, -0.2) is 20.7 Å². The Bertz CT molecular complexity index is 1170. The van der Waals surface area contributed by atoms with E-state index in [1.54, 1.807) is 0 Å². The van der Waals surface area contributed by atoms with Crippen LogP contribution in [0.25, 0.3) is 27.8 Å². The molecule has 0 atom stereocenters. The molecule has 0 fully saturated rings. The zero-order valence-electron chi connectivity index (χ0n) is 14.4. The molecule has 0 spiro atoms. The topological polar surface area (TPSA) is 34.8 Å². The molecular weight excluding hydrogens is 340 g/mol. The average Bonchev–Trinajstić information content (AvgIpc) is 3.28. The van der Waals surface area contributed by atoms with Gasteiger partial charge >= 0.3 is 0 Å². The lowest BCUT2D eigenvalue weighted by molar-refractivity contribution is 0.771. The molecule has 128 valence electrons. The summed E-state index contributed by atoms with van der Waals surface area (Å²) in [4.78, 5) is 4.79. The molecule has 1 aliphatic heterocycles. The lowest BCUT2D eigenvalue weighted by Gasteiger charge is -2.08. The van der Waals surface area contributed by atoms with Crippen LogP contribution in [0, 0.1) is 11.7 Å². The number of aromatic nitrogens is 3. The fraction of sp³-hybridized carbons (Fsp3) is 0.143. The second-order valence-corrected chi connectivity index (χ2v) is 7.00. The molecule has 3 heterocycles. The summed E-state index contributed by atoms with van der Waals surface area (Å²) in [6.45, 7) is 3.84. The van der Waals surface area contributed by atoms with Crippen molar-refractivity contribution >= 4 is 29.1 Å². The van der Waals surface area contributed by atoms with E-state index in [-0.39, 0.29) is 0 Å². The number of nitrogens with zero attached hydrogens (tertiary/aromatic N) is 3. The monoisotopic (exact) mass is 358 g/mol. The van der Waals surface area contributed by atoms with E-state index in [2.05, 4.69) is 76.1 Å². The van der Waals surface area contributed by atoms with Crippen molar-refractivity contribution in [1.29, 1.82) is 0 Å². The zero-order chi connectivity index (χ0) is 17.7. The minimum absolute atomic E-state index is 0.628. The van der Waals surface area contributed by atoms with Gasteiger partial charge in [0, 0.05) is 30.5 Å². The summed E-state index contributed by atoms with van der Waals surface area (Å²) < 4.78 is 4.88. The fourth-order valence-corrected chi connectivity index (χ4v) is 3.91. The van der Waals surface area contributed by atoms with Gasteiger partial charge in [-0.3, -0.25) is 0 Å². The highest BCUT2D eigenvalue weighted by molar-refractivity contribution is 7.71. The van der Waals surface area contributed by atoms with Gasteiger partial charge in [-0.1, -0.05) is 48.0 Å². The van der Waals surface area contributed by atoms with Crippen LogP contribution in [0.5, 0.6) is 0 Å². The van der Waals surface area contributed by atoms with E-state index in [4.69, 9.17) is 17.2 Å². The van der Waals surface area contributed by atoms with E-state index < -0.39 is 0 Å². The van der Waals surface area contributed by atoms with E-state index >= 15 is 0 Å². The second kappa shape index (κ2) is 5.81. The van der Waals surface area contributed by atoms with Gasteiger partial charge in [0.1, 0.15) is 5.82 Å². The molecule has 1 N–H and O–H groups in total. The van der Waals surface area contributed by atoms with Crippen molar-refractivity contribution in [1.82, 2.24) is 14.1 Å². The van der Waals surface area contributed by atoms with Crippen molar-refractivity contribution in [3.05, 3.63) is 71.1 Å². The lowest BCUT2D eigenvalue weighted by atomic mass is 10.1. The van der Waals surface area contributed by atoms with E-state index in [9.17, 15) is 0 Å². The molecule has 0 aliphatic carbocycles. The predicted octanol–water partition coefficient (Wildman–Crippen LogP) is 4.96. The molecule has 26 heavy (non-hydrogen) atoms. The first-order valence-corrected chi connectivity index (χ1v) is 9.15. The Morgan fingerprint density at radius 1 is 1.04 bits per heavy atom. The highest BCUT2D eigenvalue weighted by Crippen LogP contribution is 2.37. The zero-order valence-corrected chi connectivity index (χ0v) is 15.3. The van der Waals surface area contributed by atoms with Crippen molar-refractivity contribution in [3.63, 3.8) is 0 Å². The molecule has 0 saturated carbocycles. The Kier molecular flexibility index (Phi) is 3.43. The molecule has 5 rings (SSSR count). The number of nitrogens with one attached hydrogen (secondary N) is 1. The lowest BCUT2D eigenvalue weighted by Crippen LogP contribution is -2.01. The minimum Gasteiger partial charge on any atom is -0.369 e. The summed E-state index contributed by atoms with van der Waals surface area (Å²) in [6.07, 6.45) is 2.17. The van der Waals surface area contributed by atoms with Crippen LogP contribution >= 0.6 is 12.2 Å². The number of benzene rings is 2. The van der Waals surface area contributed by atoms with Gasteiger partial charge in [0.25, 0.3) is 0 Å². The van der Waals surface area contributed by atoms with Crippen LogP contribution in [0.1, 0.15) is 5.56 Å². The maximum Gasteiger partial charge on any atom is 0.203 e. The first kappa shape index (κ1) is 15.3. The third-order valence-electron chi connectivity index (χ3n) is 4.94. The maximum atomic E-state index is 5.56. The molecule has 4 nitrogen and oxygen atoms in total. The van der Waals surface area contributed by atoms with Gasteiger partial charge in [0.15, 0.2) is 5.65 Å². The number of anilines is 1. The van der Waals surface area contributed by atoms with Gasteiger partial charge in [0.05, 0.1) is 5.39 Å². The Morgan fingerprint density at radius 2 is 1.81 bits per heavy atom. The molecule has 0 bridgehead atoms.